The highest BCUT2D eigenvalue weighted by Gasteiger charge is 2.28. The first-order chi connectivity index (χ1) is 22.8. The maximum Gasteiger partial charge on any atom is 0.309 e. The SMILES string of the molecule is CCCCCCCCC(CCCCCC)C(=O)O.CCCCCCCCC(CCCCCC)C(=O)OCC1CC(CCN(C)C)CO1. The molecule has 6 heteroatoms. The van der Waals surface area contributed by atoms with Crippen molar-refractivity contribution in [2.24, 2.45) is 17.8 Å². The van der Waals surface area contributed by atoms with Gasteiger partial charge in [-0.25, -0.2) is 0 Å². The van der Waals surface area contributed by atoms with Gasteiger partial charge in [-0.1, -0.05) is 156 Å². The molecule has 0 aromatic carbocycles. The molecule has 1 aliphatic heterocycles. The molecule has 47 heavy (non-hydrogen) atoms. The predicted octanol–water partition coefficient (Wildman–Crippen LogP) is 11.6. The molecule has 0 saturated carbocycles. The summed E-state index contributed by atoms with van der Waals surface area (Å²) in [7, 11) is 4.22. The van der Waals surface area contributed by atoms with Crippen LogP contribution >= 0.6 is 0 Å². The Bertz CT molecular complexity index is 699. The Labute approximate surface area is 292 Å². The third-order valence-electron chi connectivity index (χ3n) is 9.87. The summed E-state index contributed by atoms with van der Waals surface area (Å²) in [6.07, 6.45) is 30.8. The summed E-state index contributed by atoms with van der Waals surface area (Å²) < 4.78 is 11.6. The molecule has 4 atom stereocenters. The van der Waals surface area contributed by atoms with E-state index in [9.17, 15) is 14.7 Å². The van der Waals surface area contributed by atoms with Gasteiger partial charge in [0, 0.05) is 0 Å². The minimum atomic E-state index is -0.583. The smallest absolute Gasteiger partial charge is 0.309 e. The van der Waals surface area contributed by atoms with Crippen LogP contribution in [-0.4, -0.2) is 61.9 Å². The van der Waals surface area contributed by atoms with Crippen molar-refractivity contribution >= 4 is 11.9 Å². The number of carbonyl (C=O) groups excluding carboxylic acids is 1. The topological polar surface area (TPSA) is 76.1 Å². The van der Waals surface area contributed by atoms with Crippen molar-refractivity contribution in [1.82, 2.24) is 4.90 Å². The van der Waals surface area contributed by atoms with Crippen LogP contribution < -0.4 is 0 Å². The molecule has 0 bridgehead atoms. The van der Waals surface area contributed by atoms with E-state index in [2.05, 4.69) is 46.7 Å². The molecule has 1 heterocycles. The second-order valence-electron chi connectivity index (χ2n) is 14.8. The Hall–Kier alpha value is -1.14. The molecular formula is C41H81NO5. The van der Waals surface area contributed by atoms with Crippen LogP contribution in [-0.2, 0) is 19.1 Å². The van der Waals surface area contributed by atoms with Crippen LogP contribution in [0.1, 0.15) is 195 Å². The minimum Gasteiger partial charge on any atom is -0.481 e. The number of carboxylic acid groups (broad SMARTS) is 1. The number of carbonyl (C=O) groups is 2. The molecule has 1 rings (SSSR count). The Kier molecular flexibility index (Phi) is 32.6. The third kappa shape index (κ3) is 28.4. The van der Waals surface area contributed by atoms with Crippen LogP contribution in [0.15, 0.2) is 0 Å². The van der Waals surface area contributed by atoms with Crippen molar-refractivity contribution in [2.45, 2.75) is 201 Å². The van der Waals surface area contributed by atoms with E-state index in [-0.39, 0.29) is 23.9 Å². The molecule has 0 radical (unpaired) electrons. The Balaban J connectivity index is 0.00000101. The van der Waals surface area contributed by atoms with Gasteiger partial charge in [0.05, 0.1) is 24.5 Å². The van der Waals surface area contributed by atoms with Gasteiger partial charge >= 0.3 is 11.9 Å². The number of nitrogens with zero attached hydrogens (tertiary/aromatic N) is 1. The fourth-order valence-corrected chi connectivity index (χ4v) is 6.58. The van der Waals surface area contributed by atoms with Gasteiger partial charge in [0.15, 0.2) is 0 Å². The lowest BCUT2D eigenvalue weighted by Crippen LogP contribution is -2.24. The average Bonchev–Trinajstić information content (AvgIpc) is 3.52. The zero-order chi connectivity index (χ0) is 35.0. The number of ether oxygens (including phenoxy) is 2. The van der Waals surface area contributed by atoms with E-state index >= 15 is 0 Å². The Morgan fingerprint density at radius 2 is 1.06 bits per heavy atom. The average molecular weight is 668 g/mol. The van der Waals surface area contributed by atoms with Crippen molar-refractivity contribution in [2.75, 3.05) is 33.9 Å². The largest absolute Gasteiger partial charge is 0.481 e. The summed E-state index contributed by atoms with van der Waals surface area (Å²) in [6, 6.07) is 0. The molecule has 0 aliphatic carbocycles. The molecule has 6 nitrogen and oxygen atoms in total. The maximum absolute atomic E-state index is 12.7. The van der Waals surface area contributed by atoms with Gasteiger partial charge in [-0.3, -0.25) is 9.59 Å². The van der Waals surface area contributed by atoms with E-state index in [0.29, 0.717) is 12.5 Å². The molecule has 0 aromatic heterocycles. The highest BCUT2D eigenvalue weighted by molar-refractivity contribution is 5.72. The summed E-state index contributed by atoms with van der Waals surface area (Å²) in [5, 5.41) is 9.17. The van der Waals surface area contributed by atoms with Crippen molar-refractivity contribution in [3.8, 4) is 0 Å². The molecule has 280 valence electrons. The monoisotopic (exact) mass is 668 g/mol. The highest BCUT2D eigenvalue weighted by Crippen LogP contribution is 2.25. The molecule has 1 aliphatic rings. The van der Waals surface area contributed by atoms with E-state index in [1.807, 2.05) is 0 Å². The number of unbranched alkanes of at least 4 members (excludes halogenated alkanes) is 16. The van der Waals surface area contributed by atoms with Gasteiger partial charge in [0.1, 0.15) is 6.61 Å². The summed E-state index contributed by atoms with van der Waals surface area (Å²) in [5.74, 6) is 0.0431. The van der Waals surface area contributed by atoms with Crippen molar-refractivity contribution in [1.29, 1.82) is 0 Å². The fourth-order valence-electron chi connectivity index (χ4n) is 6.58. The van der Waals surface area contributed by atoms with Gasteiger partial charge in [0.2, 0.25) is 0 Å². The van der Waals surface area contributed by atoms with E-state index < -0.39 is 5.97 Å². The second kappa shape index (κ2) is 33.4. The first-order valence-corrected chi connectivity index (χ1v) is 20.4. The number of rotatable bonds is 31. The molecule has 0 amide bonds. The molecule has 1 saturated heterocycles. The lowest BCUT2D eigenvalue weighted by atomic mass is 9.94. The van der Waals surface area contributed by atoms with Crippen LogP contribution in [0.4, 0.5) is 0 Å². The molecule has 1 N–H and O–H groups in total. The molecule has 0 aromatic rings. The number of carboxylic acids is 1. The predicted molar refractivity (Wildman–Crippen MR) is 200 cm³/mol. The zero-order valence-electron chi connectivity index (χ0n) is 32.3. The molecule has 1 fully saturated rings. The second-order valence-corrected chi connectivity index (χ2v) is 14.8. The van der Waals surface area contributed by atoms with Crippen LogP contribution in [0, 0.1) is 17.8 Å². The van der Waals surface area contributed by atoms with Gasteiger partial charge in [-0.15, -0.1) is 0 Å². The fraction of sp³-hybridized carbons (Fsp3) is 0.951. The van der Waals surface area contributed by atoms with Crippen LogP contribution in [0.2, 0.25) is 0 Å². The summed E-state index contributed by atoms with van der Waals surface area (Å²) >= 11 is 0. The lowest BCUT2D eigenvalue weighted by molar-refractivity contribution is -0.152. The van der Waals surface area contributed by atoms with E-state index in [0.717, 1.165) is 77.4 Å². The number of esters is 1. The summed E-state index contributed by atoms with van der Waals surface area (Å²) in [4.78, 5) is 26.1. The van der Waals surface area contributed by atoms with Crippen molar-refractivity contribution in [3.63, 3.8) is 0 Å². The minimum absolute atomic E-state index is 0.0235. The maximum atomic E-state index is 12.7. The van der Waals surface area contributed by atoms with Gasteiger partial charge in [-0.2, -0.15) is 0 Å². The standard InChI is InChI=1S/C25H49NO3.C16H32O2/c1-5-7-9-11-12-14-16-23(15-13-10-8-6-2)25(27)29-21-24-19-22(20-28-24)17-18-26(3)4;1-3-5-7-9-10-12-14-15(16(17)18)13-11-8-6-4-2/h22-24H,5-21H2,1-4H3;15H,3-14H2,1-2H3,(H,17,18). The van der Waals surface area contributed by atoms with Crippen LogP contribution in [0.25, 0.3) is 0 Å². The molecule has 0 spiro atoms. The summed E-state index contributed by atoms with van der Waals surface area (Å²) in [5.41, 5.74) is 0. The van der Waals surface area contributed by atoms with E-state index in [1.54, 1.807) is 0 Å². The molecular weight excluding hydrogens is 586 g/mol. The highest BCUT2D eigenvalue weighted by atomic mass is 16.6. The van der Waals surface area contributed by atoms with E-state index in [4.69, 9.17) is 9.47 Å². The number of aliphatic carboxylic acids is 1. The van der Waals surface area contributed by atoms with Gasteiger partial charge < -0.3 is 19.5 Å². The van der Waals surface area contributed by atoms with E-state index in [1.165, 1.54) is 103 Å². The van der Waals surface area contributed by atoms with Gasteiger partial charge in [-0.05, 0) is 65.1 Å². The quantitative estimate of drug-likeness (QED) is 0.0586. The normalized spacial score (nSPS) is 17.3. The third-order valence-corrected chi connectivity index (χ3v) is 9.87. The zero-order valence-corrected chi connectivity index (χ0v) is 32.3. The number of hydrogen-bond donors (Lipinski definition) is 1. The first-order valence-electron chi connectivity index (χ1n) is 20.4. The van der Waals surface area contributed by atoms with Crippen LogP contribution in [0.3, 0.4) is 0 Å². The molecule has 4 unspecified atom stereocenters. The van der Waals surface area contributed by atoms with Crippen molar-refractivity contribution < 1.29 is 24.2 Å². The Morgan fingerprint density at radius 1 is 0.660 bits per heavy atom. The number of hydrogen-bond acceptors (Lipinski definition) is 5. The lowest BCUT2D eigenvalue weighted by Gasteiger charge is -2.18. The summed E-state index contributed by atoms with van der Waals surface area (Å²) in [6.45, 7) is 11.2. The van der Waals surface area contributed by atoms with Gasteiger partial charge in [0.25, 0.3) is 0 Å². The first kappa shape index (κ1) is 45.9. The Morgan fingerprint density at radius 3 is 1.49 bits per heavy atom. The van der Waals surface area contributed by atoms with Crippen molar-refractivity contribution in [3.05, 3.63) is 0 Å². The van der Waals surface area contributed by atoms with Crippen LogP contribution in [0.5, 0.6) is 0 Å².